The van der Waals surface area contributed by atoms with Crippen molar-refractivity contribution in [1.29, 1.82) is 0 Å². The fraction of sp³-hybridized carbons (Fsp3) is 0.200. The molecule has 1 aromatic heterocycles. The Balaban J connectivity index is 1.57. The van der Waals surface area contributed by atoms with Crippen LogP contribution in [0.5, 0.6) is 0 Å². The van der Waals surface area contributed by atoms with Gasteiger partial charge in [0.05, 0.1) is 11.1 Å². The van der Waals surface area contributed by atoms with Crippen LogP contribution in [0, 0.1) is 5.82 Å². The zero-order chi connectivity index (χ0) is 18.6. The van der Waals surface area contributed by atoms with Crippen LogP contribution in [0.3, 0.4) is 0 Å². The van der Waals surface area contributed by atoms with Gasteiger partial charge in [0, 0.05) is 10.9 Å². The lowest BCUT2D eigenvalue weighted by Gasteiger charge is -2.23. The lowest BCUT2D eigenvalue weighted by atomic mass is 9.84. The van der Waals surface area contributed by atoms with Crippen molar-refractivity contribution in [1.82, 2.24) is 10.5 Å². The molecule has 0 aliphatic rings. The number of halogens is 1. The second kappa shape index (κ2) is 7.76. The van der Waals surface area contributed by atoms with E-state index in [0.717, 1.165) is 16.1 Å². The molecule has 26 heavy (non-hydrogen) atoms. The molecule has 0 saturated carbocycles. The van der Waals surface area contributed by atoms with Crippen LogP contribution in [-0.4, -0.2) is 10.9 Å². The molecule has 1 amide bonds. The maximum atomic E-state index is 13.0. The van der Waals surface area contributed by atoms with E-state index in [1.54, 1.807) is 12.1 Å². The monoisotopic (exact) mass is 370 g/mol. The van der Waals surface area contributed by atoms with Gasteiger partial charge in [-0.1, -0.05) is 30.3 Å². The summed E-state index contributed by atoms with van der Waals surface area (Å²) in [6.07, 6.45) is 0. The highest BCUT2D eigenvalue weighted by molar-refractivity contribution is 7.13. The standard InChI is InChI=1S/C20H19FN2O2S/c1-20(2,15-6-4-3-5-7-15)19(24)23-25-12-17-13-26-18(22-17)14-8-10-16(21)11-9-14/h3-11,13H,12H2,1-2H3,(H,23,24). The number of benzene rings is 2. The van der Waals surface area contributed by atoms with Crippen LogP contribution in [-0.2, 0) is 21.7 Å². The molecular weight excluding hydrogens is 351 g/mol. The van der Waals surface area contributed by atoms with Crippen molar-refractivity contribution >= 4 is 17.2 Å². The average molecular weight is 370 g/mol. The van der Waals surface area contributed by atoms with E-state index in [1.807, 2.05) is 49.6 Å². The van der Waals surface area contributed by atoms with Crippen LogP contribution in [0.4, 0.5) is 4.39 Å². The molecule has 0 radical (unpaired) electrons. The molecule has 0 bridgehead atoms. The van der Waals surface area contributed by atoms with E-state index in [1.165, 1.54) is 23.5 Å². The van der Waals surface area contributed by atoms with Crippen molar-refractivity contribution < 1.29 is 14.0 Å². The van der Waals surface area contributed by atoms with Gasteiger partial charge in [0.15, 0.2) is 0 Å². The Hall–Kier alpha value is -2.57. The number of amides is 1. The van der Waals surface area contributed by atoms with E-state index >= 15 is 0 Å². The van der Waals surface area contributed by atoms with E-state index in [-0.39, 0.29) is 18.3 Å². The number of aromatic nitrogens is 1. The smallest absolute Gasteiger partial charge is 0.253 e. The van der Waals surface area contributed by atoms with Gasteiger partial charge in [-0.3, -0.25) is 9.63 Å². The molecule has 0 atom stereocenters. The summed E-state index contributed by atoms with van der Waals surface area (Å²) in [6.45, 7) is 3.85. The minimum absolute atomic E-state index is 0.161. The van der Waals surface area contributed by atoms with Gasteiger partial charge in [-0.2, -0.15) is 0 Å². The molecule has 0 aliphatic heterocycles. The zero-order valence-electron chi connectivity index (χ0n) is 14.5. The van der Waals surface area contributed by atoms with Crippen LogP contribution in [0.1, 0.15) is 25.1 Å². The molecule has 2 aromatic carbocycles. The van der Waals surface area contributed by atoms with Gasteiger partial charge in [0.25, 0.3) is 5.91 Å². The first-order valence-electron chi connectivity index (χ1n) is 8.15. The summed E-state index contributed by atoms with van der Waals surface area (Å²) in [5, 5.41) is 2.63. The van der Waals surface area contributed by atoms with Gasteiger partial charge in [0.1, 0.15) is 17.4 Å². The number of thiazole rings is 1. The second-order valence-electron chi connectivity index (χ2n) is 6.36. The largest absolute Gasteiger partial charge is 0.272 e. The lowest BCUT2D eigenvalue weighted by molar-refractivity contribution is -0.139. The molecule has 6 heteroatoms. The third-order valence-corrected chi connectivity index (χ3v) is 5.03. The number of carbonyl (C=O) groups is 1. The Morgan fingerprint density at radius 2 is 1.85 bits per heavy atom. The molecule has 134 valence electrons. The Bertz CT molecular complexity index is 876. The van der Waals surface area contributed by atoms with Crippen LogP contribution >= 0.6 is 11.3 Å². The third-order valence-electron chi connectivity index (χ3n) is 4.09. The minimum atomic E-state index is -0.706. The average Bonchev–Trinajstić information content (AvgIpc) is 3.12. The number of nitrogens with one attached hydrogen (secondary N) is 1. The minimum Gasteiger partial charge on any atom is -0.272 e. The predicted octanol–water partition coefficient (Wildman–Crippen LogP) is 4.47. The Morgan fingerprint density at radius 3 is 2.54 bits per heavy atom. The number of nitrogens with zero attached hydrogens (tertiary/aromatic N) is 1. The summed E-state index contributed by atoms with van der Waals surface area (Å²) in [5.41, 5.74) is 4.25. The second-order valence-corrected chi connectivity index (χ2v) is 7.22. The van der Waals surface area contributed by atoms with E-state index in [2.05, 4.69) is 10.5 Å². The predicted molar refractivity (Wildman–Crippen MR) is 99.9 cm³/mol. The Kier molecular flexibility index (Phi) is 5.44. The number of hydrogen-bond acceptors (Lipinski definition) is 4. The Labute approximate surface area is 155 Å². The first-order chi connectivity index (χ1) is 12.5. The Morgan fingerprint density at radius 1 is 1.15 bits per heavy atom. The number of carbonyl (C=O) groups excluding carboxylic acids is 1. The summed E-state index contributed by atoms with van der Waals surface area (Å²) in [6, 6.07) is 15.7. The number of hydrogen-bond donors (Lipinski definition) is 1. The molecule has 0 spiro atoms. The van der Waals surface area contributed by atoms with Crippen LogP contribution in [0.15, 0.2) is 60.0 Å². The van der Waals surface area contributed by atoms with Crippen molar-refractivity contribution in [2.75, 3.05) is 0 Å². The van der Waals surface area contributed by atoms with Gasteiger partial charge in [-0.25, -0.2) is 14.9 Å². The molecule has 0 aliphatic carbocycles. The molecule has 0 saturated heterocycles. The first-order valence-corrected chi connectivity index (χ1v) is 9.03. The van der Waals surface area contributed by atoms with Crippen LogP contribution in [0.2, 0.25) is 0 Å². The van der Waals surface area contributed by atoms with E-state index in [9.17, 15) is 9.18 Å². The number of hydroxylamine groups is 1. The van der Waals surface area contributed by atoms with Gasteiger partial charge in [-0.05, 0) is 43.7 Å². The molecule has 3 aromatic rings. The molecule has 3 rings (SSSR count). The maximum Gasteiger partial charge on any atom is 0.253 e. The van der Waals surface area contributed by atoms with E-state index in [0.29, 0.717) is 5.69 Å². The molecule has 1 N–H and O–H groups in total. The summed E-state index contributed by atoms with van der Waals surface area (Å²) in [7, 11) is 0. The summed E-state index contributed by atoms with van der Waals surface area (Å²) < 4.78 is 13.0. The highest BCUT2D eigenvalue weighted by Gasteiger charge is 2.29. The van der Waals surface area contributed by atoms with Crippen LogP contribution in [0.25, 0.3) is 10.6 Å². The van der Waals surface area contributed by atoms with Crippen molar-refractivity contribution in [2.24, 2.45) is 0 Å². The van der Waals surface area contributed by atoms with Crippen molar-refractivity contribution in [3.63, 3.8) is 0 Å². The zero-order valence-corrected chi connectivity index (χ0v) is 15.3. The van der Waals surface area contributed by atoms with Crippen molar-refractivity contribution in [2.45, 2.75) is 25.9 Å². The van der Waals surface area contributed by atoms with E-state index < -0.39 is 5.41 Å². The highest BCUT2D eigenvalue weighted by atomic mass is 32.1. The lowest BCUT2D eigenvalue weighted by Crippen LogP contribution is -2.39. The summed E-state index contributed by atoms with van der Waals surface area (Å²) in [5.74, 6) is -0.504. The fourth-order valence-electron chi connectivity index (χ4n) is 2.39. The van der Waals surface area contributed by atoms with Crippen LogP contribution < -0.4 is 5.48 Å². The molecular formula is C20H19FN2O2S. The van der Waals surface area contributed by atoms with Crippen molar-refractivity contribution in [3.8, 4) is 10.6 Å². The molecule has 1 heterocycles. The highest BCUT2D eigenvalue weighted by Crippen LogP contribution is 2.25. The van der Waals surface area contributed by atoms with Crippen molar-refractivity contribution in [3.05, 3.63) is 77.1 Å². The van der Waals surface area contributed by atoms with Gasteiger partial charge in [0.2, 0.25) is 0 Å². The third kappa shape index (κ3) is 4.15. The topological polar surface area (TPSA) is 51.2 Å². The van der Waals surface area contributed by atoms with Gasteiger partial charge in [-0.15, -0.1) is 11.3 Å². The number of rotatable bonds is 6. The van der Waals surface area contributed by atoms with Gasteiger partial charge >= 0.3 is 0 Å². The molecule has 4 nitrogen and oxygen atoms in total. The molecule has 0 fully saturated rings. The SMILES string of the molecule is CC(C)(C(=O)NOCc1csc(-c2ccc(F)cc2)n1)c1ccccc1. The van der Waals surface area contributed by atoms with E-state index in [4.69, 9.17) is 4.84 Å². The quantitative estimate of drug-likeness (QED) is 0.651. The maximum absolute atomic E-state index is 13.0. The van der Waals surface area contributed by atoms with Gasteiger partial charge < -0.3 is 0 Å². The first kappa shape index (κ1) is 18.2. The summed E-state index contributed by atoms with van der Waals surface area (Å²) >= 11 is 1.44. The molecule has 0 unspecified atom stereocenters. The normalized spacial score (nSPS) is 11.3. The summed E-state index contributed by atoms with van der Waals surface area (Å²) in [4.78, 5) is 22.2. The fourth-order valence-corrected chi connectivity index (χ4v) is 3.20.